The van der Waals surface area contributed by atoms with Gasteiger partial charge in [0.25, 0.3) is 0 Å². The maximum atomic E-state index is 6.44. The van der Waals surface area contributed by atoms with E-state index < -0.39 is 0 Å². The summed E-state index contributed by atoms with van der Waals surface area (Å²) in [6.07, 6.45) is 1.83. The molecule has 0 amide bonds. The Morgan fingerprint density at radius 1 is 0.824 bits per heavy atom. The van der Waals surface area contributed by atoms with Gasteiger partial charge in [-0.25, -0.2) is 0 Å². The number of pyridine rings is 1. The summed E-state index contributed by atoms with van der Waals surface area (Å²) in [4.78, 5) is 4.43. The van der Waals surface area contributed by atoms with Crippen LogP contribution in [0.25, 0.3) is 22.0 Å². The lowest BCUT2D eigenvalue weighted by Crippen LogP contribution is -1.85. The van der Waals surface area contributed by atoms with E-state index in [4.69, 9.17) is 11.6 Å². The van der Waals surface area contributed by atoms with E-state index >= 15 is 0 Å². The van der Waals surface area contributed by atoms with E-state index in [-0.39, 0.29) is 0 Å². The predicted octanol–water partition coefficient (Wildman–Crippen LogP) is 4.56. The number of fused-ring (bicyclic) bond motifs is 1. The fourth-order valence-electron chi connectivity index (χ4n) is 1.93. The van der Waals surface area contributed by atoms with E-state index in [1.54, 1.807) is 0 Å². The number of nitrogens with zero attached hydrogens (tertiary/aromatic N) is 1. The second kappa shape index (κ2) is 4.19. The third kappa shape index (κ3) is 1.79. The van der Waals surface area contributed by atoms with E-state index in [9.17, 15) is 0 Å². The summed E-state index contributed by atoms with van der Waals surface area (Å²) in [5.41, 5.74) is 3.00. The van der Waals surface area contributed by atoms with Gasteiger partial charge in [0.15, 0.2) is 0 Å². The highest BCUT2D eigenvalue weighted by Crippen LogP contribution is 2.32. The van der Waals surface area contributed by atoms with E-state index in [2.05, 4.69) is 4.98 Å². The molecule has 0 saturated heterocycles. The zero-order valence-corrected chi connectivity index (χ0v) is 9.85. The van der Waals surface area contributed by atoms with Crippen molar-refractivity contribution < 1.29 is 0 Å². The molecule has 2 heteroatoms. The molecule has 1 heterocycles. The van der Waals surface area contributed by atoms with Crippen LogP contribution in [0.3, 0.4) is 0 Å². The average molecular weight is 240 g/mol. The molecule has 0 spiro atoms. The molecule has 0 atom stereocenters. The van der Waals surface area contributed by atoms with Crippen LogP contribution in [0, 0.1) is 0 Å². The third-order valence-electron chi connectivity index (χ3n) is 2.79. The molecule has 1 aromatic heterocycles. The van der Waals surface area contributed by atoms with Gasteiger partial charge in [-0.2, -0.15) is 0 Å². The summed E-state index contributed by atoms with van der Waals surface area (Å²) in [6, 6.07) is 18.0. The van der Waals surface area contributed by atoms with Crippen molar-refractivity contribution in [1.82, 2.24) is 4.98 Å². The van der Waals surface area contributed by atoms with Crippen molar-refractivity contribution in [2.45, 2.75) is 0 Å². The Kier molecular flexibility index (Phi) is 2.54. The van der Waals surface area contributed by atoms with E-state index in [1.807, 2.05) is 60.8 Å². The molecule has 3 rings (SSSR count). The maximum Gasteiger partial charge on any atom is 0.0717 e. The highest BCUT2D eigenvalue weighted by molar-refractivity contribution is 6.38. The van der Waals surface area contributed by atoms with Crippen LogP contribution in [-0.4, -0.2) is 4.98 Å². The number of hydrogen-bond acceptors (Lipinski definition) is 1. The molecule has 0 unspecified atom stereocenters. The molecule has 0 aliphatic heterocycles. The first-order chi connectivity index (χ1) is 8.36. The molecule has 0 aliphatic carbocycles. The highest BCUT2D eigenvalue weighted by atomic mass is 35.5. The third-order valence-corrected chi connectivity index (χ3v) is 3.20. The molecular weight excluding hydrogens is 230 g/mol. The highest BCUT2D eigenvalue weighted by Gasteiger charge is 2.07. The molecule has 0 N–H and O–H groups in total. The number of benzene rings is 2. The summed E-state index contributed by atoms with van der Waals surface area (Å²) in [5.74, 6) is 0. The van der Waals surface area contributed by atoms with Crippen LogP contribution < -0.4 is 0 Å². The van der Waals surface area contributed by atoms with Gasteiger partial charge in [-0.3, -0.25) is 4.98 Å². The minimum absolute atomic E-state index is 0.766. The minimum atomic E-state index is 0.766. The SMILES string of the molecule is Clc1c(-c2ccccc2)cnc2ccccc12. The Bertz CT molecular complexity index is 662. The summed E-state index contributed by atoms with van der Waals surface area (Å²) in [7, 11) is 0. The molecule has 3 aromatic rings. The standard InChI is InChI=1S/C15H10ClN/c16-15-12-8-4-5-9-14(12)17-10-13(15)11-6-2-1-3-7-11/h1-10H. The molecule has 0 radical (unpaired) electrons. The van der Waals surface area contributed by atoms with Crippen molar-refractivity contribution >= 4 is 22.5 Å². The summed E-state index contributed by atoms with van der Waals surface area (Å²) in [5, 5.41) is 1.76. The van der Waals surface area contributed by atoms with Gasteiger partial charge in [0, 0.05) is 17.1 Å². The Morgan fingerprint density at radius 2 is 1.53 bits per heavy atom. The number of hydrogen-bond donors (Lipinski definition) is 0. The molecule has 2 aromatic carbocycles. The van der Waals surface area contributed by atoms with E-state index in [0.717, 1.165) is 27.1 Å². The van der Waals surface area contributed by atoms with Gasteiger partial charge in [-0.15, -0.1) is 0 Å². The van der Waals surface area contributed by atoms with Crippen LogP contribution in [0.4, 0.5) is 0 Å². The van der Waals surface area contributed by atoms with Crippen molar-refractivity contribution in [2.75, 3.05) is 0 Å². The summed E-state index contributed by atoms with van der Waals surface area (Å²) < 4.78 is 0. The van der Waals surface area contributed by atoms with Crippen molar-refractivity contribution in [2.24, 2.45) is 0 Å². The van der Waals surface area contributed by atoms with Gasteiger partial charge in [-0.05, 0) is 11.6 Å². The second-order valence-electron chi connectivity index (χ2n) is 3.87. The van der Waals surface area contributed by atoms with Gasteiger partial charge in [0.2, 0.25) is 0 Å². The Balaban J connectivity index is 2.29. The van der Waals surface area contributed by atoms with Crippen LogP contribution in [-0.2, 0) is 0 Å². The number of rotatable bonds is 1. The Hall–Kier alpha value is -1.86. The first-order valence-electron chi connectivity index (χ1n) is 5.45. The fourth-order valence-corrected chi connectivity index (χ4v) is 2.24. The molecular formula is C15H10ClN. The Morgan fingerprint density at radius 3 is 2.35 bits per heavy atom. The van der Waals surface area contributed by atoms with E-state index in [1.165, 1.54) is 0 Å². The molecule has 17 heavy (non-hydrogen) atoms. The van der Waals surface area contributed by atoms with Crippen molar-refractivity contribution in [1.29, 1.82) is 0 Å². The topological polar surface area (TPSA) is 12.9 Å². The normalized spacial score (nSPS) is 10.6. The molecule has 1 nitrogen and oxygen atoms in total. The number of aromatic nitrogens is 1. The smallest absolute Gasteiger partial charge is 0.0717 e. The largest absolute Gasteiger partial charge is 0.256 e. The molecule has 82 valence electrons. The van der Waals surface area contributed by atoms with Crippen LogP contribution >= 0.6 is 11.6 Å². The average Bonchev–Trinajstić information content (AvgIpc) is 2.40. The second-order valence-corrected chi connectivity index (χ2v) is 4.25. The van der Waals surface area contributed by atoms with Crippen LogP contribution in [0.2, 0.25) is 5.02 Å². The lowest BCUT2D eigenvalue weighted by Gasteiger charge is -2.06. The first-order valence-corrected chi connectivity index (χ1v) is 5.83. The first kappa shape index (κ1) is 10.3. The zero-order valence-electron chi connectivity index (χ0n) is 9.10. The number of halogens is 1. The van der Waals surface area contributed by atoms with Crippen molar-refractivity contribution in [3.63, 3.8) is 0 Å². The summed E-state index contributed by atoms with van der Waals surface area (Å²) >= 11 is 6.44. The van der Waals surface area contributed by atoms with Crippen LogP contribution in [0.1, 0.15) is 0 Å². The predicted molar refractivity (Wildman–Crippen MR) is 72.2 cm³/mol. The lowest BCUT2D eigenvalue weighted by atomic mass is 10.1. The van der Waals surface area contributed by atoms with Crippen LogP contribution in [0.5, 0.6) is 0 Å². The van der Waals surface area contributed by atoms with Crippen molar-refractivity contribution in [3.8, 4) is 11.1 Å². The van der Waals surface area contributed by atoms with Crippen LogP contribution in [0.15, 0.2) is 60.8 Å². The van der Waals surface area contributed by atoms with Crippen molar-refractivity contribution in [3.05, 3.63) is 65.8 Å². The van der Waals surface area contributed by atoms with Gasteiger partial charge < -0.3 is 0 Å². The van der Waals surface area contributed by atoms with Gasteiger partial charge in [0.05, 0.1) is 10.5 Å². The molecule has 0 saturated carbocycles. The minimum Gasteiger partial charge on any atom is -0.256 e. The number of para-hydroxylation sites is 1. The maximum absolute atomic E-state index is 6.44. The van der Waals surface area contributed by atoms with E-state index in [0.29, 0.717) is 0 Å². The lowest BCUT2D eigenvalue weighted by molar-refractivity contribution is 1.41. The molecule has 0 aliphatic rings. The van der Waals surface area contributed by atoms with Gasteiger partial charge in [0.1, 0.15) is 0 Å². The fraction of sp³-hybridized carbons (Fsp3) is 0. The molecule has 0 fully saturated rings. The zero-order chi connectivity index (χ0) is 11.7. The quantitative estimate of drug-likeness (QED) is 0.607. The molecule has 0 bridgehead atoms. The van der Waals surface area contributed by atoms with Gasteiger partial charge >= 0.3 is 0 Å². The monoisotopic (exact) mass is 239 g/mol. The summed E-state index contributed by atoms with van der Waals surface area (Å²) in [6.45, 7) is 0. The Labute approximate surface area is 105 Å². The van der Waals surface area contributed by atoms with Gasteiger partial charge in [-0.1, -0.05) is 60.1 Å².